The van der Waals surface area contributed by atoms with E-state index in [4.69, 9.17) is 9.84 Å². The molecular formula is C17H26N2O3. The molecule has 1 aromatic carbocycles. The molecule has 2 atom stereocenters. The van der Waals surface area contributed by atoms with E-state index < -0.39 is 0 Å². The van der Waals surface area contributed by atoms with Crippen LogP contribution in [0.2, 0.25) is 0 Å². The SMILES string of the molecule is COc1ccc2c(c1)CCCC2CNC(=O)NCCC(C)O. The van der Waals surface area contributed by atoms with Gasteiger partial charge >= 0.3 is 6.03 Å². The summed E-state index contributed by atoms with van der Waals surface area (Å²) in [4.78, 5) is 11.8. The van der Waals surface area contributed by atoms with Crippen molar-refractivity contribution in [2.45, 2.75) is 44.6 Å². The van der Waals surface area contributed by atoms with Crippen LogP contribution in [0.15, 0.2) is 18.2 Å². The lowest BCUT2D eigenvalue weighted by Gasteiger charge is -2.26. The smallest absolute Gasteiger partial charge is 0.314 e. The molecule has 3 N–H and O–H groups in total. The average molecular weight is 306 g/mol. The van der Waals surface area contributed by atoms with E-state index in [9.17, 15) is 4.79 Å². The zero-order chi connectivity index (χ0) is 15.9. The van der Waals surface area contributed by atoms with E-state index in [0.29, 0.717) is 25.4 Å². The fourth-order valence-electron chi connectivity index (χ4n) is 2.90. The molecule has 1 aliphatic carbocycles. The summed E-state index contributed by atoms with van der Waals surface area (Å²) in [6, 6.07) is 6.04. The molecule has 2 unspecified atom stereocenters. The van der Waals surface area contributed by atoms with Crippen LogP contribution >= 0.6 is 0 Å². The van der Waals surface area contributed by atoms with Gasteiger partial charge in [-0.05, 0) is 55.9 Å². The summed E-state index contributed by atoms with van der Waals surface area (Å²) >= 11 is 0. The van der Waals surface area contributed by atoms with Crippen molar-refractivity contribution in [3.05, 3.63) is 29.3 Å². The van der Waals surface area contributed by atoms with Crippen LogP contribution in [-0.2, 0) is 6.42 Å². The lowest BCUT2D eigenvalue weighted by atomic mass is 9.82. The Morgan fingerprint density at radius 2 is 2.27 bits per heavy atom. The van der Waals surface area contributed by atoms with Crippen molar-refractivity contribution in [2.75, 3.05) is 20.2 Å². The standard InChI is InChI=1S/C17H26N2O3/c1-12(20)8-9-18-17(21)19-11-14-5-3-4-13-10-15(22-2)6-7-16(13)14/h6-7,10,12,14,20H,3-5,8-9,11H2,1-2H3,(H2,18,19,21). The molecule has 1 aromatic rings. The summed E-state index contributed by atoms with van der Waals surface area (Å²) in [5.41, 5.74) is 2.64. The highest BCUT2D eigenvalue weighted by Crippen LogP contribution is 2.33. The first kappa shape index (κ1) is 16.6. The van der Waals surface area contributed by atoms with Gasteiger partial charge in [0, 0.05) is 19.0 Å². The minimum Gasteiger partial charge on any atom is -0.497 e. The summed E-state index contributed by atoms with van der Waals surface area (Å²) < 4.78 is 5.28. The maximum absolute atomic E-state index is 11.8. The molecule has 5 heteroatoms. The van der Waals surface area contributed by atoms with Crippen molar-refractivity contribution in [1.82, 2.24) is 10.6 Å². The Balaban J connectivity index is 1.86. The molecule has 2 amide bonds. The third kappa shape index (κ3) is 4.63. The van der Waals surface area contributed by atoms with Crippen LogP contribution in [0.5, 0.6) is 5.75 Å². The minimum atomic E-state index is -0.388. The lowest BCUT2D eigenvalue weighted by Crippen LogP contribution is -2.39. The van der Waals surface area contributed by atoms with Crippen molar-refractivity contribution in [1.29, 1.82) is 0 Å². The molecule has 0 saturated heterocycles. The number of ether oxygens (including phenoxy) is 1. The van der Waals surface area contributed by atoms with Gasteiger partial charge in [0.1, 0.15) is 5.75 Å². The van der Waals surface area contributed by atoms with E-state index in [1.165, 1.54) is 11.1 Å². The van der Waals surface area contributed by atoms with Gasteiger partial charge in [0.25, 0.3) is 0 Å². The summed E-state index contributed by atoms with van der Waals surface area (Å²) in [6.07, 6.45) is 3.48. The van der Waals surface area contributed by atoms with Crippen molar-refractivity contribution in [3.8, 4) is 5.75 Å². The van der Waals surface area contributed by atoms with E-state index in [1.54, 1.807) is 14.0 Å². The Hall–Kier alpha value is -1.75. The van der Waals surface area contributed by atoms with Crippen molar-refractivity contribution in [3.63, 3.8) is 0 Å². The van der Waals surface area contributed by atoms with Gasteiger partial charge in [-0.3, -0.25) is 0 Å². The number of carbonyl (C=O) groups is 1. The zero-order valence-corrected chi connectivity index (χ0v) is 13.4. The molecule has 0 aliphatic heterocycles. The summed E-state index contributed by atoms with van der Waals surface area (Å²) in [5.74, 6) is 1.25. The first-order valence-electron chi connectivity index (χ1n) is 7.96. The number of aliphatic hydroxyl groups excluding tert-OH is 1. The molecule has 2 rings (SSSR count). The highest BCUT2D eigenvalue weighted by Gasteiger charge is 2.21. The molecule has 22 heavy (non-hydrogen) atoms. The Morgan fingerprint density at radius 1 is 1.45 bits per heavy atom. The third-order valence-electron chi connectivity index (χ3n) is 4.15. The quantitative estimate of drug-likeness (QED) is 0.754. The Kier molecular flexibility index (Phi) is 6.07. The second-order valence-electron chi connectivity index (χ2n) is 5.93. The number of hydrogen-bond donors (Lipinski definition) is 3. The van der Waals surface area contributed by atoms with E-state index >= 15 is 0 Å². The van der Waals surface area contributed by atoms with Gasteiger partial charge in [0.15, 0.2) is 0 Å². The number of urea groups is 1. The number of benzene rings is 1. The number of rotatable bonds is 6. The number of hydrogen-bond acceptors (Lipinski definition) is 3. The molecule has 0 spiro atoms. The number of aliphatic hydroxyl groups is 1. The van der Waals surface area contributed by atoms with Crippen LogP contribution in [0, 0.1) is 0 Å². The largest absolute Gasteiger partial charge is 0.497 e. The van der Waals surface area contributed by atoms with Gasteiger partial charge in [0.2, 0.25) is 0 Å². The monoisotopic (exact) mass is 306 g/mol. The Morgan fingerprint density at radius 3 is 3.00 bits per heavy atom. The third-order valence-corrected chi connectivity index (χ3v) is 4.15. The van der Waals surface area contributed by atoms with Crippen LogP contribution in [0.4, 0.5) is 4.79 Å². The number of amides is 2. The second kappa shape index (κ2) is 8.03. The highest BCUT2D eigenvalue weighted by atomic mass is 16.5. The predicted octanol–water partition coefficient (Wildman–Crippen LogP) is 2.19. The van der Waals surface area contributed by atoms with Crippen LogP contribution in [0.3, 0.4) is 0 Å². The lowest BCUT2D eigenvalue weighted by molar-refractivity contribution is 0.183. The first-order valence-corrected chi connectivity index (χ1v) is 7.96. The van der Waals surface area contributed by atoms with Gasteiger partial charge in [-0.2, -0.15) is 0 Å². The van der Waals surface area contributed by atoms with Crippen LogP contribution in [0.1, 0.15) is 43.2 Å². The molecule has 0 saturated carbocycles. The number of aryl methyl sites for hydroxylation is 1. The molecule has 122 valence electrons. The van der Waals surface area contributed by atoms with Gasteiger partial charge in [-0.15, -0.1) is 0 Å². The molecule has 5 nitrogen and oxygen atoms in total. The molecule has 0 fully saturated rings. The van der Waals surface area contributed by atoms with Gasteiger partial charge in [-0.25, -0.2) is 4.79 Å². The van der Waals surface area contributed by atoms with E-state index in [1.807, 2.05) is 6.07 Å². The minimum absolute atomic E-state index is 0.165. The van der Waals surface area contributed by atoms with E-state index in [-0.39, 0.29) is 12.1 Å². The maximum Gasteiger partial charge on any atom is 0.314 e. The Bertz CT molecular complexity index is 503. The second-order valence-corrected chi connectivity index (χ2v) is 5.93. The topological polar surface area (TPSA) is 70.6 Å². The number of nitrogens with one attached hydrogen (secondary N) is 2. The predicted molar refractivity (Wildman–Crippen MR) is 86.4 cm³/mol. The van der Waals surface area contributed by atoms with Gasteiger partial charge < -0.3 is 20.5 Å². The summed E-state index contributed by atoms with van der Waals surface area (Å²) in [5, 5.41) is 14.9. The van der Waals surface area contributed by atoms with Gasteiger partial charge in [-0.1, -0.05) is 6.07 Å². The fourth-order valence-corrected chi connectivity index (χ4v) is 2.90. The van der Waals surface area contributed by atoms with Crippen LogP contribution in [-0.4, -0.2) is 37.4 Å². The maximum atomic E-state index is 11.8. The van der Waals surface area contributed by atoms with E-state index in [2.05, 4.69) is 22.8 Å². The highest BCUT2D eigenvalue weighted by molar-refractivity contribution is 5.73. The fraction of sp³-hybridized carbons (Fsp3) is 0.588. The summed E-state index contributed by atoms with van der Waals surface area (Å²) in [6.45, 7) is 2.84. The number of methoxy groups -OCH3 is 1. The van der Waals surface area contributed by atoms with Crippen molar-refractivity contribution < 1.29 is 14.6 Å². The number of carbonyl (C=O) groups excluding carboxylic acids is 1. The van der Waals surface area contributed by atoms with E-state index in [0.717, 1.165) is 25.0 Å². The molecule has 0 radical (unpaired) electrons. The molecule has 0 aromatic heterocycles. The van der Waals surface area contributed by atoms with Crippen LogP contribution < -0.4 is 15.4 Å². The van der Waals surface area contributed by atoms with Gasteiger partial charge in [0.05, 0.1) is 13.2 Å². The zero-order valence-electron chi connectivity index (χ0n) is 13.4. The normalized spacial score (nSPS) is 18.2. The Labute approximate surface area is 132 Å². The first-order chi connectivity index (χ1) is 10.6. The molecule has 1 aliphatic rings. The molecule has 0 bridgehead atoms. The van der Waals surface area contributed by atoms with Crippen molar-refractivity contribution in [2.24, 2.45) is 0 Å². The molecular weight excluding hydrogens is 280 g/mol. The summed E-state index contributed by atoms with van der Waals surface area (Å²) in [7, 11) is 1.68. The molecule has 0 heterocycles. The number of fused-ring (bicyclic) bond motifs is 1. The van der Waals surface area contributed by atoms with Crippen LogP contribution in [0.25, 0.3) is 0 Å². The average Bonchev–Trinajstić information content (AvgIpc) is 2.51. The van der Waals surface area contributed by atoms with Crippen molar-refractivity contribution >= 4 is 6.03 Å².